The average Bonchev–Trinajstić information content (AvgIpc) is 2.37. The maximum absolute atomic E-state index is 11.6. The zero-order valence-electron chi connectivity index (χ0n) is 8.68. The molecule has 0 unspecified atom stereocenters. The Morgan fingerprint density at radius 2 is 1.82 bits per heavy atom. The van der Waals surface area contributed by atoms with Crippen LogP contribution in [0.1, 0.15) is 5.56 Å². The fourth-order valence-corrected chi connectivity index (χ4v) is 2.78. The number of nitrogens with zero attached hydrogens (tertiary/aromatic N) is 1. The van der Waals surface area contributed by atoms with Crippen LogP contribution in [0.5, 0.6) is 0 Å². The first-order valence-electron chi connectivity index (χ1n) is 4.78. The third-order valence-electron chi connectivity index (χ3n) is 2.20. The van der Waals surface area contributed by atoms with Crippen molar-refractivity contribution in [2.45, 2.75) is 0 Å². The summed E-state index contributed by atoms with van der Waals surface area (Å²) >= 11 is 5.73. The molecule has 90 valence electrons. The van der Waals surface area contributed by atoms with E-state index in [1.165, 1.54) is 0 Å². The average molecular weight is 273 g/mol. The number of hydrogen-bond acceptors (Lipinski definition) is 4. The first kappa shape index (κ1) is 12.1. The molecule has 2 rings (SSSR count). The standard InChI is InChI=1S/C10H9ClN2O3S/c11-8-3-1-7(2-4-8)9-5-17(15,16)6-10(14)13-12-9/h1-4H,5-6H2,(H,13,14). The van der Waals surface area contributed by atoms with Crippen LogP contribution in [0.2, 0.25) is 5.02 Å². The number of hydrogen-bond donors (Lipinski definition) is 1. The van der Waals surface area contributed by atoms with Crippen LogP contribution < -0.4 is 5.43 Å². The second-order valence-electron chi connectivity index (χ2n) is 3.63. The molecule has 5 nitrogen and oxygen atoms in total. The maximum atomic E-state index is 11.6. The highest BCUT2D eigenvalue weighted by atomic mass is 35.5. The van der Waals surface area contributed by atoms with E-state index >= 15 is 0 Å². The Morgan fingerprint density at radius 1 is 1.18 bits per heavy atom. The first-order chi connectivity index (χ1) is 7.96. The molecule has 1 amide bonds. The summed E-state index contributed by atoms with van der Waals surface area (Å²) in [5.74, 6) is -1.41. The lowest BCUT2D eigenvalue weighted by molar-refractivity contribution is -0.118. The molecule has 1 aliphatic rings. The number of rotatable bonds is 1. The highest BCUT2D eigenvalue weighted by Crippen LogP contribution is 2.12. The molecule has 0 aromatic heterocycles. The molecule has 1 aliphatic heterocycles. The third-order valence-corrected chi connectivity index (χ3v) is 3.87. The molecule has 0 bridgehead atoms. The zero-order valence-corrected chi connectivity index (χ0v) is 10.3. The monoisotopic (exact) mass is 272 g/mol. The van der Waals surface area contributed by atoms with Gasteiger partial charge in [0.25, 0.3) is 5.91 Å². The van der Waals surface area contributed by atoms with Crippen LogP contribution in [-0.4, -0.2) is 31.5 Å². The summed E-state index contributed by atoms with van der Waals surface area (Å²) < 4.78 is 23.1. The molecule has 0 saturated heterocycles. The Morgan fingerprint density at radius 3 is 2.47 bits per heavy atom. The number of benzene rings is 1. The van der Waals surface area contributed by atoms with Crippen LogP contribution in [0, 0.1) is 0 Å². The highest BCUT2D eigenvalue weighted by molar-refractivity contribution is 7.92. The van der Waals surface area contributed by atoms with Crippen molar-refractivity contribution in [2.24, 2.45) is 5.10 Å². The van der Waals surface area contributed by atoms with Gasteiger partial charge in [0.2, 0.25) is 0 Å². The molecule has 0 aliphatic carbocycles. The fraction of sp³-hybridized carbons (Fsp3) is 0.200. The van der Waals surface area contributed by atoms with Crippen LogP contribution in [0.3, 0.4) is 0 Å². The molecule has 1 N–H and O–H groups in total. The Bertz CT molecular complexity index is 578. The minimum absolute atomic E-state index is 0.257. The quantitative estimate of drug-likeness (QED) is 0.813. The molecule has 1 aromatic carbocycles. The second-order valence-corrected chi connectivity index (χ2v) is 6.13. The van der Waals surface area contributed by atoms with Crippen molar-refractivity contribution in [3.8, 4) is 0 Å². The number of halogens is 1. The van der Waals surface area contributed by atoms with Gasteiger partial charge in [0.05, 0.1) is 11.5 Å². The Labute approximate surface area is 103 Å². The van der Waals surface area contributed by atoms with Crippen LogP contribution in [-0.2, 0) is 14.6 Å². The predicted molar refractivity (Wildman–Crippen MR) is 64.8 cm³/mol. The van der Waals surface area contributed by atoms with E-state index in [2.05, 4.69) is 10.5 Å². The molecule has 0 saturated carbocycles. The predicted octanol–water partition coefficient (Wildman–Crippen LogP) is 0.589. The van der Waals surface area contributed by atoms with Gasteiger partial charge in [-0.3, -0.25) is 4.79 Å². The minimum atomic E-state index is -3.45. The van der Waals surface area contributed by atoms with Crippen molar-refractivity contribution in [1.29, 1.82) is 0 Å². The summed E-state index contributed by atoms with van der Waals surface area (Å²) in [6, 6.07) is 6.60. The van der Waals surface area contributed by atoms with Gasteiger partial charge in [0, 0.05) is 5.02 Å². The van der Waals surface area contributed by atoms with E-state index in [0.29, 0.717) is 16.3 Å². The molecule has 17 heavy (non-hydrogen) atoms. The molecule has 0 fully saturated rings. The van der Waals surface area contributed by atoms with Gasteiger partial charge in [-0.1, -0.05) is 23.7 Å². The minimum Gasteiger partial charge on any atom is -0.272 e. The van der Waals surface area contributed by atoms with Crippen molar-refractivity contribution in [1.82, 2.24) is 5.43 Å². The SMILES string of the molecule is O=C1CS(=O)(=O)CC(c2ccc(Cl)cc2)=NN1. The lowest BCUT2D eigenvalue weighted by Crippen LogP contribution is -2.24. The van der Waals surface area contributed by atoms with E-state index in [0.717, 1.165) is 0 Å². The van der Waals surface area contributed by atoms with Gasteiger partial charge < -0.3 is 0 Å². The summed E-state index contributed by atoms with van der Waals surface area (Å²) in [5.41, 5.74) is 3.14. The van der Waals surface area contributed by atoms with Gasteiger partial charge >= 0.3 is 0 Å². The maximum Gasteiger partial charge on any atom is 0.255 e. The summed E-state index contributed by atoms with van der Waals surface area (Å²) in [5, 5.41) is 4.35. The van der Waals surface area contributed by atoms with Crippen LogP contribution >= 0.6 is 11.6 Å². The number of nitrogens with one attached hydrogen (secondary N) is 1. The zero-order chi connectivity index (χ0) is 12.5. The van der Waals surface area contributed by atoms with Gasteiger partial charge in [-0.2, -0.15) is 5.10 Å². The van der Waals surface area contributed by atoms with Crippen molar-refractivity contribution in [2.75, 3.05) is 11.5 Å². The van der Waals surface area contributed by atoms with Gasteiger partial charge in [-0.15, -0.1) is 0 Å². The van der Waals surface area contributed by atoms with E-state index in [9.17, 15) is 13.2 Å². The molecule has 0 spiro atoms. The number of hydrazone groups is 1. The Balaban J connectivity index is 2.38. The lowest BCUT2D eigenvalue weighted by Gasteiger charge is -2.03. The van der Waals surface area contributed by atoms with E-state index in [1.807, 2.05) is 0 Å². The largest absolute Gasteiger partial charge is 0.272 e. The van der Waals surface area contributed by atoms with Gasteiger partial charge in [0.1, 0.15) is 5.75 Å². The van der Waals surface area contributed by atoms with E-state index < -0.39 is 21.5 Å². The smallest absolute Gasteiger partial charge is 0.255 e. The summed E-state index contributed by atoms with van der Waals surface area (Å²) in [7, 11) is -3.45. The number of carbonyl (C=O) groups is 1. The van der Waals surface area contributed by atoms with Crippen LogP contribution in [0.4, 0.5) is 0 Å². The number of carbonyl (C=O) groups excluding carboxylic acids is 1. The molecular formula is C10H9ClN2O3S. The topological polar surface area (TPSA) is 75.6 Å². The lowest BCUT2D eigenvalue weighted by atomic mass is 10.1. The molecule has 1 heterocycles. The van der Waals surface area contributed by atoms with E-state index in [4.69, 9.17) is 11.6 Å². The highest BCUT2D eigenvalue weighted by Gasteiger charge is 2.23. The van der Waals surface area contributed by atoms with Crippen molar-refractivity contribution in [3.63, 3.8) is 0 Å². The normalized spacial score (nSPS) is 19.1. The van der Waals surface area contributed by atoms with Crippen molar-refractivity contribution >= 4 is 33.1 Å². The van der Waals surface area contributed by atoms with Gasteiger partial charge in [0.15, 0.2) is 9.84 Å². The summed E-state index contributed by atoms with van der Waals surface area (Å²) in [6.07, 6.45) is 0. The van der Waals surface area contributed by atoms with Crippen LogP contribution in [0.25, 0.3) is 0 Å². The molecule has 7 heteroatoms. The molecule has 0 atom stereocenters. The summed E-state index contributed by atoms with van der Waals surface area (Å²) in [6.45, 7) is 0. The van der Waals surface area contributed by atoms with Gasteiger partial charge in [-0.25, -0.2) is 13.8 Å². The number of amides is 1. The second kappa shape index (κ2) is 4.46. The molecule has 0 radical (unpaired) electrons. The van der Waals surface area contributed by atoms with Crippen molar-refractivity contribution in [3.05, 3.63) is 34.9 Å². The first-order valence-corrected chi connectivity index (χ1v) is 6.98. The molecule has 1 aromatic rings. The fourth-order valence-electron chi connectivity index (χ4n) is 1.44. The summed E-state index contributed by atoms with van der Waals surface area (Å²) in [4.78, 5) is 11.1. The Kier molecular flexibility index (Phi) is 3.17. The third kappa shape index (κ3) is 3.04. The van der Waals surface area contributed by atoms with E-state index in [1.54, 1.807) is 24.3 Å². The van der Waals surface area contributed by atoms with Crippen LogP contribution in [0.15, 0.2) is 29.4 Å². The number of sulfone groups is 1. The molecular weight excluding hydrogens is 264 g/mol. The van der Waals surface area contributed by atoms with Gasteiger partial charge in [-0.05, 0) is 17.7 Å². The van der Waals surface area contributed by atoms with Crippen molar-refractivity contribution < 1.29 is 13.2 Å². The van der Waals surface area contributed by atoms with E-state index in [-0.39, 0.29) is 5.75 Å². The Hall–Kier alpha value is -1.40.